The highest BCUT2D eigenvalue weighted by Gasteiger charge is 2.53. The quantitative estimate of drug-likeness (QED) is 0.912. The van der Waals surface area contributed by atoms with Crippen LogP contribution in [0, 0.1) is 19.3 Å². The number of carbonyl (C=O) groups excluding carboxylic acids is 1. The van der Waals surface area contributed by atoms with Crippen LogP contribution in [0.3, 0.4) is 0 Å². The number of nitrogens with one attached hydrogen (secondary N) is 1. The van der Waals surface area contributed by atoms with E-state index in [-0.39, 0.29) is 17.4 Å². The lowest BCUT2D eigenvalue weighted by atomic mass is 9.75. The maximum atomic E-state index is 12.9. The van der Waals surface area contributed by atoms with Crippen LogP contribution in [-0.2, 0) is 16.1 Å². The number of aromatic nitrogens is 1. The van der Waals surface area contributed by atoms with Crippen LogP contribution in [0.1, 0.15) is 42.7 Å². The van der Waals surface area contributed by atoms with Gasteiger partial charge in [-0.1, -0.05) is 5.16 Å². The highest BCUT2D eigenvalue weighted by molar-refractivity contribution is 5.84. The highest BCUT2D eigenvalue weighted by atomic mass is 16.5. The molecule has 1 aliphatic carbocycles. The Hall–Kier alpha value is -1.40. The van der Waals surface area contributed by atoms with Gasteiger partial charge in [0.25, 0.3) is 0 Å². The van der Waals surface area contributed by atoms with E-state index >= 15 is 0 Å². The first-order valence-electron chi connectivity index (χ1n) is 8.65. The van der Waals surface area contributed by atoms with Crippen molar-refractivity contribution in [1.82, 2.24) is 15.4 Å². The Balaban J connectivity index is 1.52. The zero-order valence-corrected chi connectivity index (χ0v) is 13.9. The largest absolute Gasteiger partial charge is 0.377 e. The fourth-order valence-electron chi connectivity index (χ4n) is 4.00. The van der Waals surface area contributed by atoms with Gasteiger partial charge in [0.05, 0.1) is 17.2 Å². The van der Waals surface area contributed by atoms with Crippen LogP contribution in [0.5, 0.6) is 0 Å². The number of nitrogens with zero attached hydrogens (tertiary/aromatic N) is 2. The number of rotatable bonds is 4. The average molecular weight is 319 g/mol. The molecule has 6 nitrogen and oxygen atoms in total. The number of aryl methyl sites for hydroxylation is 2. The van der Waals surface area contributed by atoms with Crippen LogP contribution in [-0.4, -0.2) is 47.8 Å². The summed E-state index contributed by atoms with van der Waals surface area (Å²) in [5.41, 5.74) is 1.73. The molecule has 3 heterocycles. The summed E-state index contributed by atoms with van der Waals surface area (Å²) < 4.78 is 11.2. The molecule has 3 fully saturated rings. The van der Waals surface area contributed by atoms with Crippen molar-refractivity contribution in [2.75, 3.05) is 19.7 Å². The van der Waals surface area contributed by atoms with Crippen molar-refractivity contribution < 1.29 is 14.1 Å². The Morgan fingerprint density at radius 2 is 2.22 bits per heavy atom. The molecule has 2 aliphatic heterocycles. The zero-order valence-electron chi connectivity index (χ0n) is 13.9. The smallest absolute Gasteiger partial charge is 0.230 e. The van der Waals surface area contributed by atoms with Crippen LogP contribution in [0.15, 0.2) is 4.52 Å². The van der Waals surface area contributed by atoms with E-state index in [2.05, 4.69) is 15.4 Å². The third-order valence-electron chi connectivity index (χ3n) is 5.62. The normalized spacial score (nSPS) is 31.1. The molecular formula is C17H25N3O3. The standard InChI is InChI=1S/C17H25N3O3/c1-11-14(12(2)23-19-11)9-20-7-5-15-17(10-20,6-8-22-15)16(21)18-13-3-4-13/h13,15H,3-10H2,1-2H3,(H,18,21)/t15-,17-/m1/s1. The highest BCUT2D eigenvalue weighted by Crippen LogP contribution is 2.42. The number of hydrogen-bond acceptors (Lipinski definition) is 5. The lowest BCUT2D eigenvalue weighted by Crippen LogP contribution is -2.57. The van der Waals surface area contributed by atoms with Crippen LogP contribution < -0.4 is 5.32 Å². The van der Waals surface area contributed by atoms with E-state index < -0.39 is 0 Å². The number of ether oxygens (including phenoxy) is 1. The van der Waals surface area contributed by atoms with E-state index in [4.69, 9.17) is 9.26 Å². The molecule has 0 unspecified atom stereocenters. The molecule has 1 amide bonds. The number of likely N-dealkylation sites (tertiary alicyclic amines) is 1. The van der Waals surface area contributed by atoms with E-state index in [1.165, 1.54) is 0 Å². The molecule has 0 radical (unpaired) electrons. The third kappa shape index (κ3) is 2.68. The maximum Gasteiger partial charge on any atom is 0.230 e. The number of fused-ring (bicyclic) bond motifs is 1. The fraction of sp³-hybridized carbons (Fsp3) is 0.765. The van der Waals surface area contributed by atoms with Gasteiger partial charge in [0.15, 0.2) is 0 Å². The molecule has 0 bridgehead atoms. The molecule has 1 saturated carbocycles. The summed E-state index contributed by atoms with van der Waals surface area (Å²) >= 11 is 0. The zero-order chi connectivity index (χ0) is 16.0. The van der Waals surface area contributed by atoms with Gasteiger partial charge in [-0.05, 0) is 39.5 Å². The monoisotopic (exact) mass is 319 g/mol. The van der Waals surface area contributed by atoms with Crippen molar-refractivity contribution in [2.45, 2.75) is 58.2 Å². The molecule has 23 heavy (non-hydrogen) atoms. The molecule has 0 spiro atoms. The molecule has 1 aromatic rings. The second-order valence-corrected chi connectivity index (χ2v) is 7.32. The van der Waals surface area contributed by atoms with Gasteiger partial charge >= 0.3 is 0 Å². The van der Waals surface area contributed by atoms with Gasteiger partial charge in [-0.3, -0.25) is 9.69 Å². The number of amides is 1. The van der Waals surface area contributed by atoms with Crippen LogP contribution in [0.4, 0.5) is 0 Å². The van der Waals surface area contributed by atoms with Crippen LogP contribution in [0.2, 0.25) is 0 Å². The molecular weight excluding hydrogens is 294 g/mol. The Labute approximate surface area is 136 Å². The van der Waals surface area contributed by atoms with Crippen LogP contribution in [0.25, 0.3) is 0 Å². The van der Waals surface area contributed by atoms with Crippen molar-refractivity contribution >= 4 is 5.91 Å². The minimum atomic E-state index is -0.375. The molecule has 0 aromatic carbocycles. The minimum absolute atomic E-state index is 0.0715. The molecule has 1 N–H and O–H groups in total. The molecule has 4 rings (SSSR count). The second kappa shape index (κ2) is 5.60. The predicted octanol–water partition coefficient (Wildman–Crippen LogP) is 1.55. The first-order valence-corrected chi connectivity index (χ1v) is 8.65. The van der Waals surface area contributed by atoms with Crippen molar-refractivity contribution in [3.8, 4) is 0 Å². The van der Waals surface area contributed by atoms with Crippen molar-refractivity contribution in [2.24, 2.45) is 5.41 Å². The lowest BCUT2D eigenvalue weighted by Gasteiger charge is -2.42. The summed E-state index contributed by atoms with van der Waals surface area (Å²) in [5, 5.41) is 7.25. The lowest BCUT2D eigenvalue weighted by molar-refractivity contribution is -0.139. The summed E-state index contributed by atoms with van der Waals surface area (Å²) in [4.78, 5) is 15.3. The second-order valence-electron chi connectivity index (χ2n) is 7.32. The molecule has 2 saturated heterocycles. The van der Waals surface area contributed by atoms with E-state index in [1.807, 2.05) is 13.8 Å². The van der Waals surface area contributed by atoms with Crippen molar-refractivity contribution in [3.05, 3.63) is 17.0 Å². The first-order chi connectivity index (χ1) is 11.1. The minimum Gasteiger partial charge on any atom is -0.377 e. The average Bonchev–Trinajstić information content (AvgIpc) is 3.16. The molecule has 3 aliphatic rings. The Bertz CT molecular complexity index is 591. The fourth-order valence-corrected chi connectivity index (χ4v) is 4.00. The summed E-state index contributed by atoms with van der Waals surface area (Å²) in [6.07, 6.45) is 4.06. The van der Waals surface area contributed by atoms with E-state index in [1.54, 1.807) is 0 Å². The van der Waals surface area contributed by atoms with Gasteiger partial charge in [0.1, 0.15) is 5.76 Å². The summed E-state index contributed by atoms with van der Waals surface area (Å²) in [7, 11) is 0. The number of carbonyl (C=O) groups is 1. The topological polar surface area (TPSA) is 67.6 Å². The molecule has 2 atom stereocenters. The molecule has 126 valence electrons. The summed E-state index contributed by atoms with van der Waals surface area (Å²) in [5.74, 6) is 1.08. The van der Waals surface area contributed by atoms with E-state index in [0.29, 0.717) is 12.6 Å². The third-order valence-corrected chi connectivity index (χ3v) is 5.62. The Morgan fingerprint density at radius 3 is 2.91 bits per heavy atom. The maximum absolute atomic E-state index is 12.9. The Kier molecular flexibility index (Phi) is 3.69. The van der Waals surface area contributed by atoms with Gasteiger partial charge in [0, 0.05) is 37.8 Å². The summed E-state index contributed by atoms with van der Waals surface area (Å²) in [6.45, 7) is 7.14. The van der Waals surface area contributed by atoms with Gasteiger partial charge in [0.2, 0.25) is 5.91 Å². The van der Waals surface area contributed by atoms with E-state index in [0.717, 1.165) is 62.3 Å². The van der Waals surface area contributed by atoms with Crippen LogP contribution >= 0.6 is 0 Å². The number of hydrogen-bond donors (Lipinski definition) is 1. The number of piperidine rings is 1. The van der Waals surface area contributed by atoms with Gasteiger partial charge < -0.3 is 14.6 Å². The van der Waals surface area contributed by atoms with Crippen molar-refractivity contribution in [1.29, 1.82) is 0 Å². The van der Waals surface area contributed by atoms with Crippen molar-refractivity contribution in [3.63, 3.8) is 0 Å². The summed E-state index contributed by atoms with van der Waals surface area (Å²) in [6, 6.07) is 0.399. The molecule has 1 aromatic heterocycles. The molecule has 6 heteroatoms. The SMILES string of the molecule is Cc1noc(C)c1CN1CC[C@H]2OCC[C@@]2(C(=O)NC2CC2)C1. The Morgan fingerprint density at radius 1 is 1.39 bits per heavy atom. The van der Waals surface area contributed by atoms with Gasteiger partial charge in [-0.15, -0.1) is 0 Å². The predicted molar refractivity (Wildman–Crippen MR) is 83.8 cm³/mol. The van der Waals surface area contributed by atoms with E-state index in [9.17, 15) is 4.79 Å². The van der Waals surface area contributed by atoms with Gasteiger partial charge in [-0.2, -0.15) is 0 Å². The first kappa shape index (κ1) is 15.1. The van der Waals surface area contributed by atoms with Gasteiger partial charge in [-0.25, -0.2) is 0 Å².